The van der Waals surface area contributed by atoms with Crippen molar-refractivity contribution in [2.45, 2.75) is 6.42 Å². The van der Waals surface area contributed by atoms with Crippen molar-refractivity contribution in [3.63, 3.8) is 0 Å². The number of rotatable bonds is 3. The van der Waals surface area contributed by atoms with Crippen LogP contribution in [-0.4, -0.2) is 11.7 Å². The molecular formula is C11H8Cl2OS. The van der Waals surface area contributed by atoms with E-state index in [9.17, 15) is 4.79 Å². The Bertz CT molecular complexity index is 504. The van der Waals surface area contributed by atoms with Crippen LogP contribution in [-0.2, 0) is 0 Å². The molecule has 2 aromatic rings. The molecule has 0 fully saturated rings. The van der Waals surface area contributed by atoms with E-state index in [4.69, 9.17) is 23.2 Å². The zero-order valence-corrected chi connectivity index (χ0v) is 10.1. The van der Waals surface area contributed by atoms with Crippen molar-refractivity contribution < 1.29 is 4.79 Å². The average molecular weight is 259 g/mol. The summed E-state index contributed by atoms with van der Waals surface area (Å²) in [5, 5.41) is 3.54. The number of fused-ring (bicyclic) bond motifs is 1. The van der Waals surface area contributed by atoms with Gasteiger partial charge in [0.15, 0.2) is 5.78 Å². The van der Waals surface area contributed by atoms with Crippen molar-refractivity contribution in [3.05, 3.63) is 34.2 Å². The molecule has 15 heavy (non-hydrogen) atoms. The number of carbonyl (C=O) groups excluding carboxylic acids is 1. The second kappa shape index (κ2) is 4.52. The first-order chi connectivity index (χ1) is 7.22. The van der Waals surface area contributed by atoms with Crippen molar-refractivity contribution in [1.82, 2.24) is 0 Å². The first kappa shape index (κ1) is 10.9. The van der Waals surface area contributed by atoms with Crippen LogP contribution in [0.4, 0.5) is 0 Å². The maximum absolute atomic E-state index is 11.7. The van der Waals surface area contributed by atoms with Crippen molar-refractivity contribution in [2.75, 3.05) is 5.88 Å². The summed E-state index contributed by atoms with van der Waals surface area (Å²) in [4.78, 5) is 11.7. The Morgan fingerprint density at radius 3 is 2.93 bits per heavy atom. The number of thiophene rings is 1. The predicted octanol–water partition coefficient (Wildman–Crippen LogP) is 4.37. The molecule has 1 nitrogen and oxygen atoms in total. The molecular weight excluding hydrogens is 251 g/mol. The molecule has 0 spiro atoms. The fraction of sp³-hybridized carbons (Fsp3) is 0.182. The molecule has 0 N–H and O–H groups in total. The summed E-state index contributed by atoms with van der Waals surface area (Å²) in [5.41, 5.74) is 0.757. The van der Waals surface area contributed by atoms with Gasteiger partial charge in [-0.05, 0) is 12.1 Å². The average Bonchev–Trinajstić information content (AvgIpc) is 2.60. The lowest BCUT2D eigenvalue weighted by atomic mass is 10.1. The van der Waals surface area contributed by atoms with Gasteiger partial charge in [0.2, 0.25) is 0 Å². The van der Waals surface area contributed by atoms with Crippen molar-refractivity contribution >= 4 is 50.4 Å². The van der Waals surface area contributed by atoms with E-state index in [1.807, 2.05) is 17.5 Å². The minimum absolute atomic E-state index is 0.0959. The third-order valence-electron chi connectivity index (χ3n) is 2.16. The minimum Gasteiger partial charge on any atom is -0.294 e. The maximum atomic E-state index is 11.7. The quantitative estimate of drug-likeness (QED) is 0.591. The van der Waals surface area contributed by atoms with Gasteiger partial charge >= 0.3 is 0 Å². The number of Topliss-reactive ketones (excluding diaryl/α,β-unsaturated/α-hetero) is 1. The van der Waals surface area contributed by atoms with Crippen molar-refractivity contribution in [1.29, 1.82) is 0 Å². The predicted molar refractivity (Wildman–Crippen MR) is 66.5 cm³/mol. The molecule has 4 heteroatoms. The van der Waals surface area contributed by atoms with Crippen LogP contribution < -0.4 is 0 Å². The summed E-state index contributed by atoms with van der Waals surface area (Å²) < 4.78 is 1.04. The van der Waals surface area contributed by atoms with Gasteiger partial charge in [-0.3, -0.25) is 4.79 Å². The van der Waals surface area contributed by atoms with Crippen molar-refractivity contribution in [2.24, 2.45) is 0 Å². The van der Waals surface area contributed by atoms with Crippen molar-refractivity contribution in [3.8, 4) is 0 Å². The van der Waals surface area contributed by atoms with Gasteiger partial charge in [-0.25, -0.2) is 0 Å². The third kappa shape index (κ3) is 2.17. The first-order valence-electron chi connectivity index (χ1n) is 4.48. The highest BCUT2D eigenvalue weighted by Gasteiger charge is 2.11. The highest BCUT2D eigenvalue weighted by molar-refractivity contribution is 7.17. The zero-order chi connectivity index (χ0) is 10.8. The minimum atomic E-state index is 0.0959. The topological polar surface area (TPSA) is 17.1 Å². The number of ketones is 1. The van der Waals surface area contributed by atoms with Crippen LogP contribution >= 0.6 is 34.5 Å². The normalized spacial score (nSPS) is 10.8. The van der Waals surface area contributed by atoms with Gasteiger partial charge < -0.3 is 0 Å². The lowest BCUT2D eigenvalue weighted by molar-refractivity contribution is 0.0991. The molecule has 1 aromatic carbocycles. The molecule has 2 rings (SSSR count). The van der Waals surface area contributed by atoms with Crippen LogP contribution in [0.25, 0.3) is 10.1 Å². The van der Waals surface area contributed by atoms with Gasteiger partial charge in [-0.2, -0.15) is 0 Å². The number of alkyl halides is 1. The highest BCUT2D eigenvalue weighted by atomic mass is 35.5. The van der Waals surface area contributed by atoms with Gasteiger partial charge in [0.1, 0.15) is 0 Å². The van der Waals surface area contributed by atoms with E-state index in [-0.39, 0.29) is 5.78 Å². The number of benzene rings is 1. The summed E-state index contributed by atoms with van der Waals surface area (Å²) in [6.45, 7) is 0. The standard InChI is InChI=1S/C11H8Cl2OS/c12-4-3-10(14)9-6-15-11-5-7(13)1-2-8(9)11/h1-2,5-6H,3-4H2. The third-order valence-corrected chi connectivity index (χ3v) is 3.53. The van der Waals surface area contributed by atoms with Crippen LogP contribution in [0, 0.1) is 0 Å². The van der Waals surface area contributed by atoms with Gasteiger partial charge in [0.25, 0.3) is 0 Å². The lowest BCUT2D eigenvalue weighted by Gasteiger charge is -1.96. The summed E-state index contributed by atoms with van der Waals surface area (Å²) in [6.07, 6.45) is 0.385. The fourth-order valence-corrected chi connectivity index (χ4v) is 2.85. The number of hydrogen-bond donors (Lipinski definition) is 0. The van der Waals surface area contributed by atoms with E-state index in [1.165, 1.54) is 11.3 Å². The Morgan fingerprint density at radius 2 is 2.20 bits per heavy atom. The SMILES string of the molecule is O=C(CCCl)c1csc2cc(Cl)ccc12. The molecule has 0 unspecified atom stereocenters. The van der Waals surface area contributed by atoms with Gasteiger partial charge in [0, 0.05) is 38.4 Å². The molecule has 1 heterocycles. The summed E-state index contributed by atoms with van der Waals surface area (Å²) >= 11 is 13.0. The Hall–Kier alpha value is -0.570. The van der Waals surface area contributed by atoms with Crippen LogP contribution in [0.3, 0.4) is 0 Å². The van der Waals surface area contributed by atoms with E-state index in [1.54, 1.807) is 6.07 Å². The molecule has 0 amide bonds. The Morgan fingerprint density at radius 1 is 1.40 bits per heavy atom. The second-order valence-electron chi connectivity index (χ2n) is 3.15. The largest absolute Gasteiger partial charge is 0.294 e. The summed E-state index contributed by atoms with van der Waals surface area (Å²) in [5.74, 6) is 0.461. The lowest BCUT2D eigenvalue weighted by Crippen LogP contribution is -1.97. The number of hydrogen-bond acceptors (Lipinski definition) is 2. The van der Waals surface area contributed by atoms with Crippen LogP contribution in [0.5, 0.6) is 0 Å². The number of carbonyl (C=O) groups is 1. The molecule has 0 bridgehead atoms. The van der Waals surface area contributed by atoms with Crippen LogP contribution in [0.15, 0.2) is 23.6 Å². The smallest absolute Gasteiger partial charge is 0.165 e. The molecule has 1 aromatic heterocycles. The first-order valence-corrected chi connectivity index (χ1v) is 6.27. The second-order valence-corrected chi connectivity index (χ2v) is 4.88. The van der Waals surface area contributed by atoms with Gasteiger partial charge in [-0.15, -0.1) is 22.9 Å². The summed E-state index contributed by atoms with van der Waals surface area (Å²) in [7, 11) is 0. The maximum Gasteiger partial charge on any atom is 0.165 e. The molecule has 0 aliphatic rings. The molecule has 0 radical (unpaired) electrons. The molecule has 0 saturated carbocycles. The van der Waals surface area contributed by atoms with Gasteiger partial charge in [0.05, 0.1) is 0 Å². The van der Waals surface area contributed by atoms with E-state index >= 15 is 0 Å². The van der Waals surface area contributed by atoms with E-state index < -0.39 is 0 Å². The van der Waals surface area contributed by atoms with E-state index in [2.05, 4.69) is 0 Å². The van der Waals surface area contributed by atoms with E-state index in [0.29, 0.717) is 17.3 Å². The molecule has 0 aliphatic heterocycles. The Balaban J connectivity index is 2.49. The Labute approximate surface area is 102 Å². The molecule has 0 atom stereocenters. The monoisotopic (exact) mass is 258 g/mol. The fourth-order valence-electron chi connectivity index (χ4n) is 1.44. The van der Waals surface area contributed by atoms with E-state index in [0.717, 1.165) is 15.6 Å². The van der Waals surface area contributed by atoms with Crippen LogP contribution in [0.2, 0.25) is 5.02 Å². The zero-order valence-electron chi connectivity index (χ0n) is 7.80. The molecule has 0 saturated heterocycles. The van der Waals surface area contributed by atoms with Crippen LogP contribution in [0.1, 0.15) is 16.8 Å². The summed E-state index contributed by atoms with van der Waals surface area (Å²) in [6, 6.07) is 5.56. The molecule has 0 aliphatic carbocycles. The number of halogens is 2. The Kier molecular flexibility index (Phi) is 3.29. The van der Waals surface area contributed by atoms with Gasteiger partial charge in [-0.1, -0.05) is 17.7 Å². The highest BCUT2D eigenvalue weighted by Crippen LogP contribution is 2.29. The molecule has 78 valence electrons.